The Bertz CT molecular complexity index is 393. The fourth-order valence-corrected chi connectivity index (χ4v) is 2.02. The van der Waals surface area contributed by atoms with E-state index in [0.717, 1.165) is 37.2 Å². The van der Waals surface area contributed by atoms with Crippen molar-refractivity contribution < 1.29 is 19.0 Å². The topological polar surface area (TPSA) is 44.8 Å². The van der Waals surface area contributed by atoms with Gasteiger partial charge in [0.2, 0.25) is 0 Å². The van der Waals surface area contributed by atoms with E-state index in [0.29, 0.717) is 13.0 Å². The van der Waals surface area contributed by atoms with E-state index in [4.69, 9.17) is 14.2 Å². The third-order valence-electron chi connectivity index (χ3n) is 2.98. The number of hydrogen-bond donors (Lipinski definition) is 0. The Morgan fingerprint density at radius 3 is 2.74 bits per heavy atom. The Morgan fingerprint density at radius 2 is 2.11 bits per heavy atom. The smallest absolute Gasteiger partial charge is 0.310 e. The average molecular weight is 264 g/mol. The zero-order valence-corrected chi connectivity index (χ0v) is 11.3. The van der Waals surface area contributed by atoms with Crippen molar-refractivity contribution in [2.45, 2.75) is 38.9 Å². The van der Waals surface area contributed by atoms with Gasteiger partial charge in [0.05, 0.1) is 19.6 Å². The fraction of sp³-hybridized carbons (Fsp3) is 0.533. The molecule has 1 heterocycles. The van der Waals surface area contributed by atoms with Crippen molar-refractivity contribution >= 4 is 5.97 Å². The minimum absolute atomic E-state index is 0.135. The van der Waals surface area contributed by atoms with E-state index in [2.05, 4.69) is 0 Å². The molecule has 0 N–H and O–H groups in total. The van der Waals surface area contributed by atoms with Gasteiger partial charge in [-0.05, 0) is 37.5 Å². The summed E-state index contributed by atoms with van der Waals surface area (Å²) in [4.78, 5) is 11.3. The second-order valence-corrected chi connectivity index (χ2v) is 4.54. The molecule has 0 radical (unpaired) electrons. The highest BCUT2D eigenvalue weighted by molar-refractivity contribution is 5.72. The Hall–Kier alpha value is -1.55. The lowest BCUT2D eigenvalue weighted by Gasteiger charge is -2.23. The van der Waals surface area contributed by atoms with Gasteiger partial charge in [-0.3, -0.25) is 4.79 Å². The maximum absolute atomic E-state index is 11.3. The van der Waals surface area contributed by atoms with Crippen LogP contribution in [-0.4, -0.2) is 25.5 Å². The van der Waals surface area contributed by atoms with E-state index in [1.165, 1.54) is 0 Å². The molecule has 4 heteroatoms. The highest BCUT2D eigenvalue weighted by Gasteiger charge is 2.15. The third-order valence-corrected chi connectivity index (χ3v) is 2.98. The van der Waals surface area contributed by atoms with Crippen LogP contribution in [0.2, 0.25) is 0 Å². The number of esters is 1. The Kier molecular flexibility index (Phi) is 5.21. The van der Waals surface area contributed by atoms with Crippen LogP contribution in [0, 0.1) is 0 Å². The SMILES string of the molecule is CCOC(=O)Cc1ccc(O[C@H]2CCCCO2)cc1. The summed E-state index contributed by atoms with van der Waals surface area (Å²) in [5, 5.41) is 0. The number of rotatable bonds is 5. The Balaban J connectivity index is 1.85. The van der Waals surface area contributed by atoms with E-state index in [9.17, 15) is 4.79 Å². The zero-order chi connectivity index (χ0) is 13.5. The van der Waals surface area contributed by atoms with Crippen molar-refractivity contribution in [2.75, 3.05) is 13.2 Å². The molecule has 0 bridgehead atoms. The molecule has 104 valence electrons. The summed E-state index contributed by atoms with van der Waals surface area (Å²) < 4.78 is 16.1. The second-order valence-electron chi connectivity index (χ2n) is 4.54. The average Bonchev–Trinajstić information content (AvgIpc) is 2.42. The molecule has 19 heavy (non-hydrogen) atoms. The molecule has 1 aliphatic rings. The van der Waals surface area contributed by atoms with Crippen LogP contribution in [0.3, 0.4) is 0 Å². The predicted octanol–water partition coefficient (Wildman–Crippen LogP) is 2.70. The minimum atomic E-state index is -0.202. The number of ether oxygens (including phenoxy) is 3. The molecule has 1 aliphatic heterocycles. The monoisotopic (exact) mass is 264 g/mol. The van der Waals surface area contributed by atoms with Crippen molar-refractivity contribution in [3.05, 3.63) is 29.8 Å². The highest BCUT2D eigenvalue weighted by Crippen LogP contribution is 2.19. The van der Waals surface area contributed by atoms with Crippen molar-refractivity contribution in [1.82, 2.24) is 0 Å². The first-order chi connectivity index (χ1) is 9.28. The largest absolute Gasteiger partial charge is 0.466 e. The van der Waals surface area contributed by atoms with Crippen LogP contribution >= 0.6 is 0 Å². The molecule has 1 aromatic rings. The summed E-state index contributed by atoms with van der Waals surface area (Å²) in [7, 11) is 0. The summed E-state index contributed by atoms with van der Waals surface area (Å²) in [6.07, 6.45) is 3.35. The predicted molar refractivity (Wildman–Crippen MR) is 71.0 cm³/mol. The van der Waals surface area contributed by atoms with E-state index in [1.807, 2.05) is 24.3 Å². The van der Waals surface area contributed by atoms with Crippen molar-refractivity contribution in [3.63, 3.8) is 0 Å². The minimum Gasteiger partial charge on any atom is -0.466 e. The lowest BCUT2D eigenvalue weighted by molar-refractivity contribution is -0.142. The molecule has 0 aromatic heterocycles. The van der Waals surface area contributed by atoms with Gasteiger partial charge in [0.1, 0.15) is 5.75 Å². The summed E-state index contributed by atoms with van der Waals surface area (Å²) in [6, 6.07) is 7.50. The van der Waals surface area contributed by atoms with Gasteiger partial charge in [-0.1, -0.05) is 12.1 Å². The van der Waals surface area contributed by atoms with E-state index in [1.54, 1.807) is 6.92 Å². The molecule has 4 nitrogen and oxygen atoms in total. The van der Waals surface area contributed by atoms with Crippen LogP contribution < -0.4 is 4.74 Å². The molecule has 0 saturated carbocycles. The number of benzene rings is 1. The van der Waals surface area contributed by atoms with Crippen LogP contribution in [0.15, 0.2) is 24.3 Å². The van der Waals surface area contributed by atoms with Crippen LogP contribution in [0.4, 0.5) is 0 Å². The van der Waals surface area contributed by atoms with Crippen molar-refractivity contribution in [1.29, 1.82) is 0 Å². The normalized spacial score (nSPS) is 18.9. The molecule has 1 saturated heterocycles. The standard InChI is InChI=1S/C15H20O4/c1-2-17-14(16)11-12-6-8-13(9-7-12)19-15-5-3-4-10-18-15/h6-9,15H,2-5,10-11H2,1H3/t15-/m0/s1. The van der Waals surface area contributed by atoms with Gasteiger partial charge in [-0.2, -0.15) is 0 Å². The molecule has 0 unspecified atom stereocenters. The van der Waals surface area contributed by atoms with E-state index < -0.39 is 0 Å². The molecule has 0 aliphatic carbocycles. The molecule has 2 rings (SSSR count). The third kappa shape index (κ3) is 4.56. The van der Waals surface area contributed by atoms with Gasteiger partial charge >= 0.3 is 5.97 Å². The zero-order valence-electron chi connectivity index (χ0n) is 11.3. The summed E-state index contributed by atoms with van der Waals surface area (Å²) in [5.74, 6) is 0.575. The first-order valence-corrected chi connectivity index (χ1v) is 6.80. The Labute approximate surface area is 113 Å². The lowest BCUT2D eigenvalue weighted by atomic mass is 10.1. The lowest BCUT2D eigenvalue weighted by Crippen LogP contribution is -2.24. The Morgan fingerprint density at radius 1 is 1.32 bits per heavy atom. The van der Waals surface area contributed by atoms with E-state index >= 15 is 0 Å². The number of hydrogen-bond acceptors (Lipinski definition) is 4. The second kappa shape index (κ2) is 7.14. The van der Waals surface area contributed by atoms with Crippen molar-refractivity contribution in [2.24, 2.45) is 0 Å². The molecular weight excluding hydrogens is 244 g/mol. The van der Waals surface area contributed by atoms with E-state index in [-0.39, 0.29) is 12.3 Å². The maximum atomic E-state index is 11.3. The van der Waals surface area contributed by atoms with Gasteiger partial charge in [-0.25, -0.2) is 0 Å². The number of carbonyl (C=O) groups excluding carboxylic acids is 1. The van der Waals surface area contributed by atoms with Gasteiger partial charge in [0.25, 0.3) is 0 Å². The van der Waals surface area contributed by atoms with Crippen molar-refractivity contribution in [3.8, 4) is 5.75 Å². The first kappa shape index (κ1) is 13.9. The number of carbonyl (C=O) groups is 1. The fourth-order valence-electron chi connectivity index (χ4n) is 2.02. The highest BCUT2D eigenvalue weighted by atomic mass is 16.7. The van der Waals surface area contributed by atoms with Gasteiger partial charge in [0, 0.05) is 6.42 Å². The maximum Gasteiger partial charge on any atom is 0.310 e. The van der Waals surface area contributed by atoms with Gasteiger partial charge < -0.3 is 14.2 Å². The van der Waals surface area contributed by atoms with Crippen LogP contribution in [-0.2, 0) is 20.7 Å². The summed E-state index contributed by atoms with van der Waals surface area (Å²) >= 11 is 0. The molecule has 0 amide bonds. The summed E-state index contributed by atoms with van der Waals surface area (Å²) in [5.41, 5.74) is 0.926. The van der Waals surface area contributed by atoms with Crippen LogP contribution in [0.5, 0.6) is 5.75 Å². The molecule has 1 aromatic carbocycles. The molecule has 0 spiro atoms. The molecular formula is C15H20O4. The quantitative estimate of drug-likeness (QED) is 0.767. The van der Waals surface area contributed by atoms with Crippen LogP contribution in [0.25, 0.3) is 0 Å². The molecule has 1 atom stereocenters. The van der Waals surface area contributed by atoms with Gasteiger partial charge in [-0.15, -0.1) is 0 Å². The van der Waals surface area contributed by atoms with Gasteiger partial charge in [0.15, 0.2) is 6.29 Å². The summed E-state index contributed by atoms with van der Waals surface area (Å²) in [6.45, 7) is 2.99. The first-order valence-electron chi connectivity index (χ1n) is 6.80. The molecule has 1 fully saturated rings. The van der Waals surface area contributed by atoms with Crippen LogP contribution in [0.1, 0.15) is 31.7 Å².